The molecule has 3 rings (SSSR count). The van der Waals surface area contributed by atoms with Crippen molar-refractivity contribution in [3.63, 3.8) is 0 Å². The number of benzene rings is 1. The zero-order valence-electron chi connectivity index (χ0n) is 14.7. The molecule has 0 aliphatic carbocycles. The summed E-state index contributed by atoms with van der Waals surface area (Å²) in [5.41, 5.74) is 6.72. The van der Waals surface area contributed by atoms with Gasteiger partial charge >= 0.3 is 0 Å². The van der Waals surface area contributed by atoms with E-state index in [9.17, 15) is 14.9 Å². The van der Waals surface area contributed by atoms with Crippen molar-refractivity contribution in [1.29, 1.82) is 0 Å². The minimum Gasteiger partial charge on any atom is -0.457 e. The molecule has 2 aromatic heterocycles. The Labute approximate surface area is 154 Å². The number of anilines is 1. The average Bonchev–Trinajstić information content (AvgIpc) is 2.95. The molecule has 140 valence electrons. The standard InChI is InChI=1S/C17H18N6O4/c1-3-15(23(25)26)21-17-20-12-5-4-10(9-14(12)22(17)2)27-11-6-7-19-13(8-11)16(18)24/h4-9,15H,3H2,1-2H3,(H2,18,24)(H,20,21). The Hall–Kier alpha value is -3.69. The van der Waals surface area contributed by atoms with E-state index in [4.69, 9.17) is 10.5 Å². The van der Waals surface area contributed by atoms with Crippen LogP contribution >= 0.6 is 0 Å². The van der Waals surface area contributed by atoms with Crippen LogP contribution in [0.1, 0.15) is 23.8 Å². The Balaban J connectivity index is 1.89. The quantitative estimate of drug-likeness (QED) is 0.369. The van der Waals surface area contributed by atoms with E-state index in [0.29, 0.717) is 29.4 Å². The number of amides is 1. The summed E-state index contributed by atoms with van der Waals surface area (Å²) in [5.74, 6) is 0.679. The summed E-state index contributed by atoms with van der Waals surface area (Å²) in [5, 5.41) is 13.9. The van der Waals surface area contributed by atoms with Gasteiger partial charge < -0.3 is 15.0 Å². The molecule has 0 saturated heterocycles. The minimum absolute atomic E-state index is 0.103. The molecule has 3 aromatic rings. The Bertz CT molecular complexity index is 1020. The predicted molar refractivity (Wildman–Crippen MR) is 98.2 cm³/mol. The first-order valence-electron chi connectivity index (χ1n) is 8.19. The number of aryl methyl sites for hydroxylation is 1. The lowest BCUT2D eigenvalue weighted by molar-refractivity contribution is -0.515. The number of rotatable bonds is 7. The summed E-state index contributed by atoms with van der Waals surface area (Å²) in [7, 11) is 1.76. The van der Waals surface area contributed by atoms with Gasteiger partial charge in [0.1, 0.15) is 17.2 Å². The first-order valence-corrected chi connectivity index (χ1v) is 8.19. The molecule has 10 heteroatoms. The molecular weight excluding hydrogens is 352 g/mol. The molecule has 10 nitrogen and oxygen atoms in total. The van der Waals surface area contributed by atoms with Crippen LogP contribution in [0.4, 0.5) is 5.95 Å². The van der Waals surface area contributed by atoms with E-state index in [-0.39, 0.29) is 10.6 Å². The molecule has 1 aromatic carbocycles. The molecule has 3 N–H and O–H groups in total. The van der Waals surface area contributed by atoms with Crippen LogP contribution in [0.25, 0.3) is 11.0 Å². The first kappa shape index (κ1) is 18.1. The third-order valence-corrected chi connectivity index (χ3v) is 4.01. The largest absolute Gasteiger partial charge is 0.457 e. The molecule has 1 atom stereocenters. The summed E-state index contributed by atoms with van der Waals surface area (Å²) in [6, 6.07) is 8.28. The first-order chi connectivity index (χ1) is 12.9. The van der Waals surface area contributed by atoms with E-state index >= 15 is 0 Å². The van der Waals surface area contributed by atoms with Crippen LogP contribution in [0.5, 0.6) is 11.5 Å². The van der Waals surface area contributed by atoms with Crippen LogP contribution in [0, 0.1) is 10.1 Å². The number of nitro groups is 1. The van der Waals surface area contributed by atoms with Gasteiger partial charge in [-0.05, 0) is 18.2 Å². The zero-order chi connectivity index (χ0) is 19.6. The third kappa shape index (κ3) is 3.78. The van der Waals surface area contributed by atoms with Gasteiger partial charge in [0.15, 0.2) is 0 Å². The van der Waals surface area contributed by atoms with E-state index in [1.54, 1.807) is 42.8 Å². The van der Waals surface area contributed by atoms with E-state index in [1.165, 1.54) is 12.3 Å². The van der Waals surface area contributed by atoms with Gasteiger partial charge in [-0.15, -0.1) is 0 Å². The topological polar surface area (TPSA) is 138 Å². The van der Waals surface area contributed by atoms with Crippen molar-refractivity contribution in [2.24, 2.45) is 12.8 Å². The van der Waals surface area contributed by atoms with Crippen LogP contribution in [0.15, 0.2) is 36.5 Å². The minimum atomic E-state index is -0.916. The van der Waals surface area contributed by atoms with Crippen molar-refractivity contribution in [3.05, 3.63) is 52.3 Å². The Morgan fingerprint density at radius 1 is 1.37 bits per heavy atom. The van der Waals surface area contributed by atoms with E-state index in [0.717, 1.165) is 5.52 Å². The maximum atomic E-state index is 11.2. The fraction of sp³-hybridized carbons (Fsp3) is 0.235. The summed E-state index contributed by atoms with van der Waals surface area (Å²) in [6.07, 6.45) is 0.845. The lowest BCUT2D eigenvalue weighted by Crippen LogP contribution is -2.29. The fourth-order valence-electron chi connectivity index (χ4n) is 2.56. The second kappa shape index (κ2) is 7.28. The molecule has 2 heterocycles. The number of hydrogen-bond donors (Lipinski definition) is 2. The molecular formula is C17H18N6O4. The summed E-state index contributed by atoms with van der Waals surface area (Å²) >= 11 is 0. The number of pyridine rings is 1. The molecule has 0 fully saturated rings. The van der Waals surface area contributed by atoms with Crippen molar-refractivity contribution in [2.45, 2.75) is 19.5 Å². The smallest absolute Gasteiger partial charge is 0.286 e. The maximum absolute atomic E-state index is 11.2. The summed E-state index contributed by atoms with van der Waals surface area (Å²) < 4.78 is 7.48. The number of fused-ring (bicyclic) bond motifs is 1. The van der Waals surface area contributed by atoms with Crippen LogP contribution in [0.2, 0.25) is 0 Å². The highest BCUT2D eigenvalue weighted by Gasteiger charge is 2.20. The van der Waals surface area contributed by atoms with E-state index < -0.39 is 12.1 Å². The zero-order valence-corrected chi connectivity index (χ0v) is 14.7. The molecule has 0 saturated carbocycles. The number of carbonyl (C=O) groups excluding carboxylic acids is 1. The molecule has 27 heavy (non-hydrogen) atoms. The van der Waals surface area contributed by atoms with Gasteiger partial charge in [-0.2, -0.15) is 0 Å². The molecule has 1 unspecified atom stereocenters. The Morgan fingerprint density at radius 3 is 2.78 bits per heavy atom. The van der Waals surface area contributed by atoms with Gasteiger partial charge in [0.05, 0.1) is 11.0 Å². The van der Waals surface area contributed by atoms with Gasteiger partial charge in [-0.3, -0.25) is 25.2 Å². The van der Waals surface area contributed by atoms with E-state index in [1.807, 2.05) is 0 Å². The molecule has 0 bridgehead atoms. The molecule has 0 spiro atoms. The van der Waals surface area contributed by atoms with Crippen molar-refractivity contribution in [2.75, 3.05) is 5.32 Å². The number of nitrogens with zero attached hydrogens (tertiary/aromatic N) is 4. The van der Waals surface area contributed by atoms with Crippen LogP contribution in [-0.2, 0) is 7.05 Å². The average molecular weight is 370 g/mol. The number of aromatic nitrogens is 3. The van der Waals surface area contributed by atoms with Crippen molar-refractivity contribution in [1.82, 2.24) is 14.5 Å². The van der Waals surface area contributed by atoms with Crippen molar-refractivity contribution in [3.8, 4) is 11.5 Å². The Morgan fingerprint density at radius 2 is 2.11 bits per heavy atom. The lowest BCUT2D eigenvalue weighted by Gasteiger charge is -2.10. The highest BCUT2D eigenvalue weighted by atomic mass is 16.6. The highest BCUT2D eigenvalue weighted by molar-refractivity contribution is 5.91. The van der Waals surface area contributed by atoms with Gasteiger partial charge in [-0.1, -0.05) is 6.92 Å². The van der Waals surface area contributed by atoms with Crippen LogP contribution in [0.3, 0.4) is 0 Å². The van der Waals surface area contributed by atoms with E-state index in [2.05, 4.69) is 15.3 Å². The van der Waals surface area contributed by atoms with Gasteiger partial charge in [0.2, 0.25) is 5.95 Å². The normalized spacial score (nSPS) is 11.9. The second-order valence-corrected chi connectivity index (χ2v) is 5.84. The molecule has 0 aliphatic heterocycles. The number of nitrogens with two attached hydrogens (primary N) is 1. The van der Waals surface area contributed by atoms with Crippen LogP contribution < -0.4 is 15.8 Å². The van der Waals surface area contributed by atoms with Crippen LogP contribution in [-0.4, -0.2) is 31.5 Å². The van der Waals surface area contributed by atoms with Crippen molar-refractivity contribution < 1.29 is 14.5 Å². The maximum Gasteiger partial charge on any atom is 0.286 e. The third-order valence-electron chi connectivity index (χ3n) is 4.01. The predicted octanol–water partition coefficient (Wildman–Crippen LogP) is 2.28. The molecule has 0 radical (unpaired) electrons. The highest BCUT2D eigenvalue weighted by Crippen LogP contribution is 2.27. The lowest BCUT2D eigenvalue weighted by atomic mass is 10.3. The fourth-order valence-corrected chi connectivity index (χ4v) is 2.56. The van der Waals surface area contributed by atoms with Gasteiger partial charge in [-0.25, -0.2) is 4.98 Å². The summed E-state index contributed by atoms with van der Waals surface area (Å²) in [4.78, 5) is 30.1. The van der Waals surface area contributed by atoms with Gasteiger partial charge in [0, 0.05) is 36.7 Å². The number of primary amides is 1. The van der Waals surface area contributed by atoms with Gasteiger partial charge in [0.25, 0.3) is 12.1 Å². The summed E-state index contributed by atoms with van der Waals surface area (Å²) in [6.45, 7) is 1.73. The second-order valence-electron chi connectivity index (χ2n) is 5.84. The number of hydrogen-bond acceptors (Lipinski definition) is 7. The SMILES string of the molecule is CCC(Nc1nc2ccc(Oc3ccnc(C(N)=O)c3)cc2n1C)[N+](=O)[O-]. The monoisotopic (exact) mass is 370 g/mol. The molecule has 0 aliphatic rings. The Kier molecular flexibility index (Phi) is 4.88. The number of nitrogens with one attached hydrogen (secondary N) is 1. The number of carbonyl (C=O) groups is 1. The number of ether oxygens (including phenoxy) is 1. The molecule has 1 amide bonds. The number of imidazole rings is 1. The van der Waals surface area contributed by atoms with Crippen molar-refractivity contribution >= 4 is 22.9 Å².